The second-order valence-corrected chi connectivity index (χ2v) is 4.70. The van der Waals surface area contributed by atoms with Crippen LogP contribution in [0, 0.1) is 17.5 Å². The van der Waals surface area contributed by atoms with E-state index < -0.39 is 35.0 Å². The average molecular weight is 338 g/mol. The van der Waals surface area contributed by atoms with Crippen molar-refractivity contribution in [1.82, 2.24) is 0 Å². The summed E-state index contributed by atoms with van der Waals surface area (Å²) >= 11 is 0. The van der Waals surface area contributed by atoms with Crippen molar-refractivity contribution in [3.8, 4) is 0 Å². The predicted molar refractivity (Wildman–Crippen MR) is 81.2 cm³/mol. The van der Waals surface area contributed by atoms with E-state index in [0.717, 1.165) is 6.07 Å². The number of methoxy groups -OCH3 is 1. The molecule has 0 aromatic heterocycles. The molecule has 0 unspecified atom stereocenters. The Hall–Kier alpha value is -3.03. The van der Waals surface area contributed by atoms with E-state index in [0.29, 0.717) is 11.8 Å². The second-order valence-electron chi connectivity index (χ2n) is 4.70. The van der Waals surface area contributed by atoms with E-state index in [-0.39, 0.29) is 12.1 Å². The van der Waals surface area contributed by atoms with Gasteiger partial charge in [0.05, 0.1) is 24.9 Å². The molecule has 2 aromatic carbocycles. The van der Waals surface area contributed by atoms with Crippen LogP contribution < -0.4 is 10.6 Å². The topological polar surface area (TPSA) is 67.4 Å². The molecule has 0 saturated heterocycles. The molecule has 5 nitrogen and oxygen atoms in total. The number of ether oxygens (including phenoxy) is 1. The van der Waals surface area contributed by atoms with Gasteiger partial charge in [0.15, 0.2) is 17.5 Å². The maximum Gasteiger partial charge on any atom is 0.337 e. The molecule has 0 spiro atoms. The fraction of sp³-hybridized carbons (Fsp3) is 0.125. The fourth-order valence-electron chi connectivity index (χ4n) is 1.87. The molecule has 0 heterocycles. The highest BCUT2D eigenvalue weighted by atomic mass is 19.2. The third-order valence-electron chi connectivity index (χ3n) is 3.05. The van der Waals surface area contributed by atoms with Crippen molar-refractivity contribution in [2.24, 2.45) is 0 Å². The third kappa shape index (κ3) is 4.03. The molecule has 126 valence electrons. The van der Waals surface area contributed by atoms with Gasteiger partial charge in [0, 0.05) is 5.69 Å². The lowest BCUT2D eigenvalue weighted by Crippen LogP contribution is -2.22. The normalized spacial score (nSPS) is 10.2. The second kappa shape index (κ2) is 7.49. The number of halogens is 3. The fourth-order valence-corrected chi connectivity index (χ4v) is 1.87. The van der Waals surface area contributed by atoms with Gasteiger partial charge >= 0.3 is 5.97 Å². The molecule has 0 saturated carbocycles. The van der Waals surface area contributed by atoms with Crippen LogP contribution in [-0.2, 0) is 9.53 Å². The zero-order valence-electron chi connectivity index (χ0n) is 12.5. The first-order valence-corrected chi connectivity index (χ1v) is 6.78. The summed E-state index contributed by atoms with van der Waals surface area (Å²) in [5, 5.41) is 4.84. The molecular weight excluding hydrogens is 325 g/mol. The summed E-state index contributed by atoms with van der Waals surface area (Å²) < 4.78 is 43.9. The SMILES string of the molecule is COC(=O)c1cccc(NCC(=O)Nc2ccc(F)c(F)c2F)c1. The first-order valence-electron chi connectivity index (χ1n) is 6.78. The Balaban J connectivity index is 1.99. The van der Waals surface area contributed by atoms with Crippen LogP contribution in [-0.4, -0.2) is 25.5 Å². The van der Waals surface area contributed by atoms with E-state index >= 15 is 0 Å². The number of benzene rings is 2. The molecule has 24 heavy (non-hydrogen) atoms. The molecular formula is C16H13F3N2O3. The number of anilines is 2. The van der Waals surface area contributed by atoms with Crippen molar-refractivity contribution in [3.63, 3.8) is 0 Å². The number of esters is 1. The highest BCUT2D eigenvalue weighted by molar-refractivity contribution is 5.94. The van der Waals surface area contributed by atoms with E-state index in [2.05, 4.69) is 15.4 Å². The largest absolute Gasteiger partial charge is 0.465 e. The van der Waals surface area contributed by atoms with Gasteiger partial charge in [-0.3, -0.25) is 4.79 Å². The summed E-state index contributed by atoms with van der Waals surface area (Å²) in [6.07, 6.45) is 0. The van der Waals surface area contributed by atoms with Gasteiger partial charge in [-0.1, -0.05) is 6.07 Å². The Morgan fingerprint density at radius 2 is 1.83 bits per heavy atom. The molecule has 1 amide bonds. The molecule has 2 N–H and O–H groups in total. The van der Waals surface area contributed by atoms with Gasteiger partial charge in [-0.15, -0.1) is 0 Å². The van der Waals surface area contributed by atoms with Crippen LogP contribution in [0.5, 0.6) is 0 Å². The first kappa shape index (κ1) is 17.3. The van der Waals surface area contributed by atoms with Crippen LogP contribution in [0.4, 0.5) is 24.5 Å². The number of amides is 1. The van der Waals surface area contributed by atoms with Crippen molar-refractivity contribution in [2.45, 2.75) is 0 Å². The summed E-state index contributed by atoms with van der Waals surface area (Å²) in [6, 6.07) is 7.83. The highest BCUT2D eigenvalue weighted by Crippen LogP contribution is 2.19. The highest BCUT2D eigenvalue weighted by Gasteiger charge is 2.15. The molecule has 0 fully saturated rings. The van der Waals surface area contributed by atoms with Gasteiger partial charge in [0.2, 0.25) is 5.91 Å². The smallest absolute Gasteiger partial charge is 0.337 e. The molecule has 0 aliphatic heterocycles. The Morgan fingerprint density at radius 3 is 2.54 bits per heavy atom. The van der Waals surface area contributed by atoms with E-state index in [1.165, 1.54) is 19.2 Å². The van der Waals surface area contributed by atoms with Crippen molar-refractivity contribution < 1.29 is 27.5 Å². The van der Waals surface area contributed by atoms with Gasteiger partial charge in [-0.25, -0.2) is 18.0 Å². The minimum absolute atomic E-state index is 0.275. The summed E-state index contributed by atoms with van der Waals surface area (Å²) in [6.45, 7) is -0.275. The molecule has 8 heteroatoms. The van der Waals surface area contributed by atoms with E-state index in [9.17, 15) is 22.8 Å². The van der Waals surface area contributed by atoms with Gasteiger partial charge in [-0.2, -0.15) is 0 Å². The van der Waals surface area contributed by atoms with E-state index in [4.69, 9.17) is 0 Å². The van der Waals surface area contributed by atoms with Gasteiger partial charge < -0.3 is 15.4 Å². The lowest BCUT2D eigenvalue weighted by Gasteiger charge is -2.10. The maximum absolute atomic E-state index is 13.5. The van der Waals surface area contributed by atoms with Crippen LogP contribution >= 0.6 is 0 Å². The van der Waals surface area contributed by atoms with Crippen LogP contribution in [0.2, 0.25) is 0 Å². The number of hydrogen-bond donors (Lipinski definition) is 2. The van der Waals surface area contributed by atoms with Crippen molar-refractivity contribution >= 4 is 23.3 Å². The summed E-state index contributed by atoms with van der Waals surface area (Å²) in [4.78, 5) is 23.2. The van der Waals surface area contributed by atoms with Crippen molar-refractivity contribution in [2.75, 3.05) is 24.3 Å². The Bertz CT molecular complexity index is 781. The number of carbonyl (C=O) groups excluding carboxylic acids is 2. The quantitative estimate of drug-likeness (QED) is 0.650. The minimum atomic E-state index is -1.66. The molecule has 0 aliphatic rings. The maximum atomic E-state index is 13.5. The molecule has 0 radical (unpaired) electrons. The minimum Gasteiger partial charge on any atom is -0.465 e. The molecule has 2 rings (SSSR count). The van der Waals surface area contributed by atoms with Crippen LogP contribution in [0.25, 0.3) is 0 Å². The predicted octanol–water partition coefficient (Wildman–Crippen LogP) is 2.94. The van der Waals surface area contributed by atoms with Crippen LogP contribution in [0.15, 0.2) is 36.4 Å². The average Bonchev–Trinajstić information content (AvgIpc) is 2.60. The molecule has 0 aliphatic carbocycles. The first-order chi connectivity index (χ1) is 11.4. The Morgan fingerprint density at radius 1 is 1.08 bits per heavy atom. The number of rotatable bonds is 5. The molecule has 0 bridgehead atoms. The summed E-state index contributed by atoms with van der Waals surface area (Å²) in [5.41, 5.74) is 0.275. The van der Waals surface area contributed by atoms with E-state index in [1.807, 2.05) is 0 Å². The molecule has 2 aromatic rings. The number of nitrogens with one attached hydrogen (secondary N) is 2. The van der Waals surface area contributed by atoms with Crippen LogP contribution in [0.1, 0.15) is 10.4 Å². The number of hydrogen-bond acceptors (Lipinski definition) is 4. The van der Waals surface area contributed by atoms with Gasteiger partial charge in [0.25, 0.3) is 0 Å². The standard InChI is InChI=1S/C16H13F3N2O3/c1-24-16(23)9-3-2-4-10(7-9)20-8-13(22)21-12-6-5-11(17)14(18)15(12)19/h2-7,20H,8H2,1H3,(H,21,22). The molecule has 0 atom stereocenters. The van der Waals surface area contributed by atoms with Gasteiger partial charge in [0.1, 0.15) is 0 Å². The summed E-state index contributed by atoms with van der Waals surface area (Å²) in [5.74, 6) is -5.69. The Kier molecular flexibility index (Phi) is 5.41. The van der Waals surface area contributed by atoms with Gasteiger partial charge in [-0.05, 0) is 30.3 Å². The van der Waals surface area contributed by atoms with Crippen molar-refractivity contribution in [3.05, 3.63) is 59.4 Å². The lowest BCUT2D eigenvalue weighted by atomic mass is 10.2. The summed E-state index contributed by atoms with van der Waals surface area (Å²) in [7, 11) is 1.24. The Labute approximate surface area is 135 Å². The van der Waals surface area contributed by atoms with Crippen molar-refractivity contribution in [1.29, 1.82) is 0 Å². The third-order valence-corrected chi connectivity index (χ3v) is 3.05. The van der Waals surface area contributed by atoms with Crippen LogP contribution in [0.3, 0.4) is 0 Å². The number of carbonyl (C=O) groups is 2. The lowest BCUT2D eigenvalue weighted by molar-refractivity contribution is -0.114. The van der Waals surface area contributed by atoms with E-state index in [1.54, 1.807) is 12.1 Å². The zero-order chi connectivity index (χ0) is 17.7. The monoisotopic (exact) mass is 338 g/mol. The zero-order valence-corrected chi connectivity index (χ0v) is 12.5.